The fraction of sp³-hybridized carbons (Fsp3) is 0.102. The van der Waals surface area contributed by atoms with Gasteiger partial charge in [0.15, 0.2) is 0 Å². The second-order valence-electron chi connectivity index (χ2n) is 16.5. The van der Waals surface area contributed by atoms with Crippen molar-refractivity contribution in [2.75, 3.05) is 24.0 Å². The van der Waals surface area contributed by atoms with E-state index in [1.165, 1.54) is 24.3 Å². The summed E-state index contributed by atoms with van der Waals surface area (Å²) in [5, 5.41) is 30.6. The van der Waals surface area contributed by atoms with Crippen LogP contribution in [0.1, 0.15) is 61.6 Å². The van der Waals surface area contributed by atoms with Crippen molar-refractivity contribution < 1.29 is 58.2 Å². The summed E-state index contributed by atoms with van der Waals surface area (Å²) in [4.78, 5) is 42.2. The van der Waals surface area contributed by atoms with E-state index in [0.29, 0.717) is 58.0 Å². The highest BCUT2D eigenvalue weighted by molar-refractivity contribution is 6.11. The molecule has 1 amide bonds. The van der Waals surface area contributed by atoms with Crippen molar-refractivity contribution in [1.82, 2.24) is 0 Å². The third-order valence-corrected chi connectivity index (χ3v) is 11.1. The highest BCUT2D eigenvalue weighted by atomic mass is 16.6. The van der Waals surface area contributed by atoms with Gasteiger partial charge in [0.05, 0.1) is 22.4 Å². The Morgan fingerprint density at radius 2 is 0.986 bits per heavy atom. The summed E-state index contributed by atoms with van der Waals surface area (Å²) in [6.07, 6.45) is 7.18. The van der Waals surface area contributed by atoms with E-state index in [0.717, 1.165) is 16.9 Å². The van der Waals surface area contributed by atoms with Gasteiger partial charge in [0.2, 0.25) is 0 Å². The molecule has 73 heavy (non-hydrogen) atoms. The van der Waals surface area contributed by atoms with Crippen molar-refractivity contribution in [3.63, 3.8) is 0 Å². The van der Waals surface area contributed by atoms with E-state index < -0.39 is 17.8 Å². The van der Waals surface area contributed by atoms with Crippen molar-refractivity contribution >= 4 is 29.2 Å². The average Bonchev–Trinajstić information content (AvgIpc) is 3.40. The van der Waals surface area contributed by atoms with Crippen molar-refractivity contribution in [2.45, 2.75) is 25.9 Å². The minimum absolute atomic E-state index is 0.0267. The number of carbonyl (C=O) groups excluding carboxylic acids is 1. The van der Waals surface area contributed by atoms with Gasteiger partial charge in [-0.3, -0.25) is 15.1 Å². The number of terminal acetylenes is 1. The number of anilines is 2. The quantitative estimate of drug-likeness (QED) is 0.0276. The van der Waals surface area contributed by atoms with Crippen molar-refractivity contribution in [2.24, 2.45) is 0 Å². The van der Waals surface area contributed by atoms with E-state index in [1.807, 2.05) is 91.0 Å². The molecule has 0 saturated carbocycles. The van der Waals surface area contributed by atoms with Crippen LogP contribution in [0.2, 0.25) is 0 Å². The molecule has 0 saturated heterocycles. The van der Waals surface area contributed by atoms with Crippen LogP contribution in [-0.4, -0.2) is 46.4 Å². The SMILES string of the molecule is C#COc1ccc(C(=O)O)c(C(=O)Nc2ccc(Oc3ccc(C(C)(C)c4ccc(Oc5ccc(NOCc6cc(OCCOc7ccccc7)ccc6C(=O)O)cc5)cc4)cc3)cc2)c1.Oc1ccccc1. The lowest BCUT2D eigenvalue weighted by atomic mass is 9.78. The maximum Gasteiger partial charge on any atom is 0.336 e. The monoisotopic (exact) mass is 978 g/mol. The second kappa shape index (κ2) is 24.7. The first-order valence-corrected chi connectivity index (χ1v) is 22.7. The Labute approximate surface area is 421 Å². The van der Waals surface area contributed by atoms with Gasteiger partial charge in [-0.25, -0.2) is 9.59 Å². The first-order chi connectivity index (χ1) is 35.3. The summed E-state index contributed by atoms with van der Waals surface area (Å²) in [6, 6.07) is 56.3. The number of carboxylic acids is 2. The van der Waals surface area contributed by atoms with Gasteiger partial charge >= 0.3 is 11.9 Å². The van der Waals surface area contributed by atoms with E-state index in [-0.39, 0.29) is 41.1 Å². The number of rotatable bonds is 20. The van der Waals surface area contributed by atoms with Gasteiger partial charge < -0.3 is 44.3 Å². The first-order valence-electron chi connectivity index (χ1n) is 22.7. The number of aromatic carboxylic acids is 2. The summed E-state index contributed by atoms with van der Waals surface area (Å²) in [7, 11) is 0. The van der Waals surface area contributed by atoms with Crippen LogP contribution in [0.5, 0.6) is 46.0 Å². The number of benzene rings is 8. The molecule has 0 heterocycles. The third kappa shape index (κ3) is 14.7. The summed E-state index contributed by atoms with van der Waals surface area (Å²) in [6.45, 7) is 4.85. The lowest BCUT2D eigenvalue weighted by Crippen LogP contribution is -2.18. The van der Waals surface area contributed by atoms with Crippen LogP contribution in [0.25, 0.3) is 0 Å². The van der Waals surface area contributed by atoms with Gasteiger partial charge in [-0.1, -0.05) is 80.9 Å². The topological polar surface area (TPSA) is 191 Å². The molecule has 0 spiro atoms. The van der Waals surface area contributed by atoms with Crippen LogP contribution in [0.4, 0.5) is 11.4 Å². The van der Waals surface area contributed by atoms with Gasteiger partial charge in [-0.2, -0.15) is 0 Å². The lowest BCUT2D eigenvalue weighted by molar-refractivity contribution is 0.0682. The fourth-order valence-electron chi connectivity index (χ4n) is 7.19. The normalized spacial score (nSPS) is 10.6. The number of aromatic hydroxyl groups is 1. The predicted molar refractivity (Wildman–Crippen MR) is 276 cm³/mol. The highest BCUT2D eigenvalue weighted by Gasteiger charge is 2.24. The van der Waals surface area contributed by atoms with Crippen LogP contribution >= 0.6 is 0 Å². The molecule has 0 bridgehead atoms. The number of para-hydroxylation sites is 2. The van der Waals surface area contributed by atoms with Gasteiger partial charge in [0, 0.05) is 11.1 Å². The minimum Gasteiger partial charge on any atom is -0.508 e. The maximum atomic E-state index is 13.0. The number of nitrogens with one attached hydrogen (secondary N) is 2. The summed E-state index contributed by atoms with van der Waals surface area (Å²) < 4.78 is 28.6. The lowest BCUT2D eigenvalue weighted by Gasteiger charge is -2.26. The Hall–Kier alpha value is -9.71. The third-order valence-electron chi connectivity index (χ3n) is 11.1. The molecule has 0 atom stereocenters. The number of hydrogen-bond acceptors (Lipinski definition) is 11. The molecular formula is C59H50N2O12. The highest BCUT2D eigenvalue weighted by Crippen LogP contribution is 2.35. The standard InChI is InChI=1S/C53H44N2O11.C6H6O/c1-4-61-46-27-29-48(52(59)60)49(33-46)50(56)54-38-14-22-43(23-15-38)65-41-18-10-36(11-19-41)53(2,3)37-12-20-42(21-13-37)66-44-24-16-39(17-25-44)55-64-34-35-32-45(26-28-47(35)51(57)58)63-31-30-62-40-8-6-5-7-9-40;7-6-4-2-1-3-5-6/h1,5-29,32-33,55H,30-31,34H2,2-3H3,(H,54,56)(H,57,58)(H,59,60);1-5,7H. The first kappa shape index (κ1) is 51.1. The molecule has 0 aromatic heterocycles. The molecule has 14 nitrogen and oxygen atoms in total. The molecular weight excluding hydrogens is 929 g/mol. The smallest absolute Gasteiger partial charge is 0.336 e. The zero-order chi connectivity index (χ0) is 51.6. The van der Waals surface area contributed by atoms with Crippen LogP contribution in [-0.2, 0) is 16.9 Å². The van der Waals surface area contributed by atoms with E-state index in [1.54, 1.807) is 84.9 Å². The molecule has 0 unspecified atom stereocenters. The summed E-state index contributed by atoms with van der Waals surface area (Å²) in [5.74, 6) is 1.18. The number of phenols is 1. The average molecular weight is 979 g/mol. The van der Waals surface area contributed by atoms with E-state index in [2.05, 4.69) is 24.6 Å². The molecule has 8 rings (SSSR count). The molecule has 0 radical (unpaired) electrons. The Morgan fingerprint density at radius 1 is 0.521 bits per heavy atom. The minimum atomic E-state index is -1.26. The Morgan fingerprint density at radius 3 is 1.49 bits per heavy atom. The zero-order valence-corrected chi connectivity index (χ0v) is 39.7. The molecule has 0 aliphatic heterocycles. The van der Waals surface area contributed by atoms with Gasteiger partial charge in [-0.05, 0) is 150 Å². The fourth-order valence-corrected chi connectivity index (χ4v) is 7.19. The van der Waals surface area contributed by atoms with Gasteiger partial charge in [-0.15, -0.1) is 0 Å². The van der Waals surface area contributed by atoms with Crippen LogP contribution < -0.4 is 34.5 Å². The second-order valence-corrected chi connectivity index (χ2v) is 16.5. The molecule has 0 aliphatic rings. The number of phenolic OH excluding ortho intramolecular Hbond substituents is 1. The molecule has 14 heteroatoms. The Balaban J connectivity index is 0.00000103. The van der Waals surface area contributed by atoms with Crippen LogP contribution in [0, 0.1) is 12.5 Å². The number of ether oxygens (including phenoxy) is 5. The Bertz CT molecular complexity index is 3140. The maximum absolute atomic E-state index is 13.0. The summed E-state index contributed by atoms with van der Waals surface area (Å²) in [5.41, 5.74) is 5.98. The van der Waals surface area contributed by atoms with Gasteiger partial charge in [0.1, 0.15) is 71.9 Å². The van der Waals surface area contributed by atoms with Crippen molar-refractivity contribution in [3.05, 3.63) is 228 Å². The molecule has 0 aliphatic carbocycles. The molecule has 5 N–H and O–H groups in total. The Kier molecular flexibility index (Phi) is 17.3. The predicted octanol–water partition coefficient (Wildman–Crippen LogP) is 12.6. The van der Waals surface area contributed by atoms with E-state index >= 15 is 0 Å². The molecule has 8 aromatic rings. The van der Waals surface area contributed by atoms with Crippen LogP contribution in [0.3, 0.4) is 0 Å². The van der Waals surface area contributed by atoms with E-state index in [4.69, 9.17) is 40.1 Å². The molecule has 368 valence electrons. The van der Waals surface area contributed by atoms with Gasteiger partial charge in [0.25, 0.3) is 5.91 Å². The largest absolute Gasteiger partial charge is 0.508 e. The van der Waals surface area contributed by atoms with Crippen molar-refractivity contribution in [3.8, 4) is 58.5 Å². The molecule has 8 aromatic carbocycles. The number of carbonyl (C=O) groups is 3. The number of carboxylic acid groups (broad SMARTS) is 2. The van der Waals surface area contributed by atoms with E-state index in [9.17, 15) is 24.6 Å². The van der Waals surface area contributed by atoms with Crippen molar-refractivity contribution in [1.29, 1.82) is 0 Å². The number of amides is 1. The van der Waals surface area contributed by atoms with Crippen LogP contribution in [0.15, 0.2) is 194 Å². The number of hydrogen-bond donors (Lipinski definition) is 5. The zero-order valence-electron chi connectivity index (χ0n) is 39.7. The molecule has 0 fully saturated rings. The summed E-state index contributed by atoms with van der Waals surface area (Å²) >= 11 is 0.